The van der Waals surface area contributed by atoms with Crippen molar-refractivity contribution in [2.45, 2.75) is 51.3 Å². The van der Waals surface area contributed by atoms with Crippen LogP contribution < -0.4 is 0 Å². The Hall–Kier alpha value is -0.930. The van der Waals surface area contributed by atoms with Gasteiger partial charge in [-0.25, -0.2) is 4.39 Å². The standard InChI is InChI=1S/C15H22FNO/c1-11(2)17-8-4-7-15(18)14(17)10-12-5-3-6-13(16)9-12/h3,5-6,9,11,14-15,18H,4,7-8,10H2,1-2H3/t14-,15-/m0/s1. The summed E-state index contributed by atoms with van der Waals surface area (Å²) >= 11 is 0. The van der Waals surface area contributed by atoms with E-state index in [-0.39, 0.29) is 18.0 Å². The van der Waals surface area contributed by atoms with Crippen molar-refractivity contribution >= 4 is 0 Å². The van der Waals surface area contributed by atoms with Crippen molar-refractivity contribution in [1.29, 1.82) is 0 Å². The molecule has 1 N–H and O–H groups in total. The number of benzene rings is 1. The number of aliphatic hydroxyl groups excluding tert-OH is 1. The number of rotatable bonds is 3. The highest BCUT2D eigenvalue weighted by Crippen LogP contribution is 2.23. The van der Waals surface area contributed by atoms with Crippen LogP contribution in [0.5, 0.6) is 0 Å². The lowest BCUT2D eigenvalue weighted by atomic mass is 9.92. The van der Waals surface area contributed by atoms with Gasteiger partial charge in [0, 0.05) is 12.1 Å². The van der Waals surface area contributed by atoms with Gasteiger partial charge in [-0.2, -0.15) is 0 Å². The Morgan fingerprint density at radius 1 is 1.44 bits per heavy atom. The van der Waals surface area contributed by atoms with Crippen molar-refractivity contribution in [3.8, 4) is 0 Å². The zero-order valence-corrected chi connectivity index (χ0v) is 11.1. The maximum absolute atomic E-state index is 13.2. The van der Waals surface area contributed by atoms with Crippen LogP contribution in [0.2, 0.25) is 0 Å². The lowest BCUT2D eigenvalue weighted by Crippen LogP contribution is -2.52. The molecule has 1 fully saturated rings. The second kappa shape index (κ2) is 5.81. The van der Waals surface area contributed by atoms with Crippen LogP contribution in [0.3, 0.4) is 0 Å². The van der Waals surface area contributed by atoms with Crippen molar-refractivity contribution in [2.75, 3.05) is 6.54 Å². The van der Waals surface area contributed by atoms with Crippen LogP contribution in [0, 0.1) is 5.82 Å². The summed E-state index contributed by atoms with van der Waals surface area (Å²) in [6.07, 6.45) is 2.31. The Bertz CT molecular complexity index is 394. The lowest BCUT2D eigenvalue weighted by Gasteiger charge is -2.41. The lowest BCUT2D eigenvalue weighted by molar-refractivity contribution is -0.00473. The van der Waals surface area contributed by atoms with Crippen LogP contribution in [0.15, 0.2) is 24.3 Å². The van der Waals surface area contributed by atoms with Crippen LogP contribution in [0.4, 0.5) is 4.39 Å². The zero-order chi connectivity index (χ0) is 13.1. The Morgan fingerprint density at radius 2 is 2.22 bits per heavy atom. The minimum Gasteiger partial charge on any atom is -0.391 e. The normalized spacial score (nSPS) is 25.6. The van der Waals surface area contributed by atoms with Crippen molar-refractivity contribution < 1.29 is 9.50 Å². The van der Waals surface area contributed by atoms with E-state index in [0.29, 0.717) is 6.04 Å². The summed E-state index contributed by atoms with van der Waals surface area (Å²) in [5.41, 5.74) is 0.964. The first-order valence-electron chi connectivity index (χ1n) is 6.76. The van der Waals surface area contributed by atoms with Crippen LogP contribution in [0.25, 0.3) is 0 Å². The third-order valence-corrected chi connectivity index (χ3v) is 3.78. The summed E-state index contributed by atoms with van der Waals surface area (Å²) in [6.45, 7) is 5.32. The maximum atomic E-state index is 13.2. The smallest absolute Gasteiger partial charge is 0.123 e. The molecule has 0 amide bonds. The van der Waals surface area contributed by atoms with Gasteiger partial charge < -0.3 is 5.11 Å². The fourth-order valence-corrected chi connectivity index (χ4v) is 2.86. The van der Waals surface area contributed by atoms with E-state index in [1.807, 2.05) is 6.07 Å². The first-order chi connectivity index (χ1) is 8.58. The SMILES string of the molecule is CC(C)N1CCC[C@H](O)[C@@H]1Cc1cccc(F)c1. The molecule has 1 aliphatic heterocycles. The second-order valence-corrected chi connectivity index (χ2v) is 5.44. The third kappa shape index (κ3) is 3.09. The summed E-state index contributed by atoms with van der Waals surface area (Å²) in [4.78, 5) is 2.33. The molecule has 3 heteroatoms. The molecular weight excluding hydrogens is 229 g/mol. The van der Waals surface area contributed by atoms with E-state index in [4.69, 9.17) is 0 Å². The quantitative estimate of drug-likeness (QED) is 0.892. The van der Waals surface area contributed by atoms with Gasteiger partial charge in [0.15, 0.2) is 0 Å². The van der Waals surface area contributed by atoms with Crippen molar-refractivity contribution in [1.82, 2.24) is 4.90 Å². The third-order valence-electron chi connectivity index (χ3n) is 3.78. The van der Waals surface area contributed by atoms with E-state index in [2.05, 4.69) is 18.7 Å². The molecule has 1 saturated heterocycles. The number of piperidine rings is 1. The number of nitrogens with zero attached hydrogens (tertiary/aromatic N) is 1. The first-order valence-corrected chi connectivity index (χ1v) is 6.76. The van der Waals surface area contributed by atoms with Gasteiger partial charge in [0.1, 0.15) is 5.82 Å². The molecular formula is C15H22FNO. The highest BCUT2D eigenvalue weighted by molar-refractivity contribution is 5.18. The Morgan fingerprint density at radius 3 is 2.89 bits per heavy atom. The molecule has 18 heavy (non-hydrogen) atoms. The van der Waals surface area contributed by atoms with E-state index >= 15 is 0 Å². The van der Waals surface area contributed by atoms with Crippen molar-refractivity contribution in [3.05, 3.63) is 35.6 Å². The van der Waals surface area contributed by atoms with Gasteiger partial charge in [0.25, 0.3) is 0 Å². The number of likely N-dealkylation sites (tertiary alicyclic amines) is 1. The molecule has 0 spiro atoms. The molecule has 0 aliphatic carbocycles. The summed E-state index contributed by atoms with van der Waals surface area (Å²) < 4.78 is 13.2. The van der Waals surface area contributed by atoms with E-state index in [1.165, 1.54) is 6.07 Å². The van der Waals surface area contributed by atoms with E-state index in [1.54, 1.807) is 12.1 Å². The molecule has 0 aromatic heterocycles. The number of hydrogen-bond acceptors (Lipinski definition) is 2. The van der Waals surface area contributed by atoms with E-state index in [9.17, 15) is 9.50 Å². The number of hydrogen-bond donors (Lipinski definition) is 1. The summed E-state index contributed by atoms with van der Waals surface area (Å²) in [7, 11) is 0. The zero-order valence-electron chi connectivity index (χ0n) is 11.1. The Labute approximate surface area is 108 Å². The molecule has 100 valence electrons. The first kappa shape index (κ1) is 13.5. The number of halogens is 1. The van der Waals surface area contributed by atoms with E-state index in [0.717, 1.165) is 31.4 Å². The molecule has 0 bridgehead atoms. The fourth-order valence-electron chi connectivity index (χ4n) is 2.86. The fraction of sp³-hybridized carbons (Fsp3) is 0.600. The molecule has 1 aromatic carbocycles. The molecule has 2 rings (SSSR count). The van der Waals surface area contributed by atoms with Gasteiger partial charge in [0.05, 0.1) is 6.10 Å². The van der Waals surface area contributed by atoms with Crippen LogP contribution in [0.1, 0.15) is 32.3 Å². The molecule has 0 unspecified atom stereocenters. The highest BCUT2D eigenvalue weighted by Gasteiger charge is 2.31. The van der Waals surface area contributed by atoms with Gasteiger partial charge in [-0.3, -0.25) is 4.90 Å². The largest absolute Gasteiger partial charge is 0.391 e. The Kier molecular flexibility index (Phi) is 4.36. The topological polar surface area (TPSA) is 23.5 Å². The van der Waals surface area contributed by atoms with Gasteiger partial charge >= 0.3 is 0 Å². The van der Waals surface area contributed by atoms with Crippen LogP contribution in [-0.4, -0.2) is 34.7 Å². The summed E-state index contributed by atoms with van der Waals surface area (Å²) in [5.74, 6) is -0.200. The molecule has 1 aromatic rings. The van der Waals surface area contributed by atoms with Crippen molar-refractivity contribution in [3.63, 3.8) is 0 Å². The molecule has 2 nitrogen and oxygen atoms in total. The van der Waals surface area contributed by atoms with E-state index < -0.39 is 0 Å². The van der Waals surface area contributed by atoms with Crippen LogP contribution >= 0.6 is 0 Å². The highest BCUT2D eigenvalue weighted by atomic mass is 19.1. The minimum absolute atomic E-state index is 0.112. The number of aliphatic hydroxyl groups is 1. The summed E-state index contributed by atoms with van der Waals surface area (Å²) in [5, 5.41) is 10.2. The average Bonchev–Trinajstić information content (AvgIpc) is 2.31. The molecule has 0 radical (unpaired) electrons. The molecule has 2 atom stereocenters. The predicted molar refractivity (Wildman–Crippen MR) is 71.0 cm³/mol. The predicted octanol–water partition coefficient (Wildman–Crippen LogP) is 2.60. The van der Waals surface area contributed by atoms with Gasteiger partial charge in [0.2, 0.25) is 0 Å². The maximum Gasteiger partial charge on any atom is 0.123 e. The average molecular weight is 251 g/mol. The van der Waals surface area contributed by atoms with Crippen LogP contribution in [-0.2, 0) is 6.42 Å². The summed E-state index contributed by atoms with van der Waals surface area (Å²) in [6, 6.07) is 7.22. The molecule has 1 aliphatic rings. The Balaban J connectivity index is 2.13. The van der Waals surface area contributed by atoms with Gasteiger partial charge in [-0.15, -0.1) is 0 Å². The second-order valence-electron chi connectivity index (χ2n) is 5.44. The monoisotopic (exact) mass is 251 g/mol. The molecule has 1 heterocycles. The van der Waals surface area contributed by atoms with Crippen molar-refractivity contribution in [2.24, 2.45) is 0 Å². The molecule has 0 saturated carbocycles. The van der Waals surface area contributed by atoms with Gasteiger partial charge in [-0.05, 0) is 57.4 Å². The minimum atomic E-state index is -0.301. The van der Waals surface area contributed by atoms with Gasteiger partial charge in [-0.1, -0.05) is 12.1 Å².